The number of hydrogen-bond donors (Lipinski definition) is 1. The first-order valence-electron chi connectivity index (χ1n) is 5.08. The van der Waals surface area contributed by atoms with Gasteiger partial charge in [0.1, 0.15) is 0 Å². The molecule has 78 valence electrons. The lowest BCUT2D eigenvalue weighted by Crippen LogP contribution is -2.48. The van der Waals surface area contributed by atoms with E-state index in [0.717, 1.165) is 29.2 Å². The van der Waals surface area contributed by atoms with Crippen LogP contribution in [-0.2, 0) is 4.79 Å². The second kappa shape index (κ2) is 3.61. The third-order valence-corrected chi connectivity index (χ3v) is 5.53. The number of thioether (sulfide) groups is 2. The van der Waals surface area contributed by atoms with Crippen LogP contribution in [-0.4, -0.2) is 52.1 Å². The lowest BCUT2D eigenvalue weighted by Gasteiger charge is -2.28. The molecular formula is C9H14N2OS2. The van der Waals surface area contributed by atoms with Crippen LogP contribution in [0.4, 0.5) is 0 Å². The van der Waals surface area contributed by atoms with Crippen molar-refractivity contribution in [3.8, 4) is 0 Å². The van der Waals surface area contributed by atoms with Crippen LogP contribution in [0.25, 0.3) is 0 Å². The fourth-order valence-corrected chi connectivity index (χ4v) is 4.79. The van der Waals surface area contributed by atoms with Gasteiger partial charge in [0.05, 0.1) is 6.04 Å². The van der Waals surface area contributed by atoms with Gasteiger partial charge in [0.15, 0.2) is 0 Å². The first kappa shape index (κ1) is 9.36. The molecular weight excluding hydrogens is 216 g/mol. The van der Waals surface area contributed by atoms with Crippen LogP contribution in [0.5, 0.6) is 0 Å². The van der Waals surface area contributed by atoms with Crippen molar-refractivity contribution in [1.82, 2.24) is 10.2 Å². The summed E-state index contributed by atoms with van der Waals surface area (Å²) in [5, 5.41) is 3.99. The normalized spacial score (nSPS) is 40.9. The highest BCUT2D eigenvalue weighted by Gasteiger charge is 2.43. The van der Waals surface area contributed by atoms with Gasteiger partial charge in [-0.25, -0.2) is 0 Å². The van der Waals surface area contributed by atoms with E-state index in [9.17, 15) is 4.79 Å². The number of hydrogen-bond acceptors (Lipinski definition) is 4. The topological polar surface area (TPSA) is 32.3 Å². The van der Waals surface area contributed by atoms with E-state index in [-0.39, 0.29) is 6.04 Å². The molecule has 3 nitrogen and oxygen atoms in total. The molecule has 0 saturated carbocycles. The molecule has 3 aliphatic heterocycles. The van der Waals surface area contributed by atoms with Gasteiger partial charge in [0.2, 0.25) is 5.91 Å². The van der Waals surface area contributed by atoms with Crippen molar-refractivity contribution < 1.29 is 4.79 Å². The molecule has 1 amide bonds. The van der Waals surface area contributed by atoms with Crippen molar-refractivity contribution in [2.24, 2.45) is 0 Å². The maximum Gasteiger partial charge on any atom is 0.240 e. The summed E-state index contributed by atoms with van der Waals surface area (Å²) in [6.07, 6.45) is 1.23. The Hall–Kier alpha value is 0.130. The van der Waals surface area contributed by atoms with Gasteiger partial charge in [-0.2, -0.15) is 11.8 Å². The highest BCUT2D eigenvalue weighted by atomic mass is 32.2. The van der Waals surface area contributed by atoms with Crippen LogP contribution in [0.3, 0.4) is 0 Å². The van der Waals surface area contributed by atoms with Crippen LogP contribution in [0.2, 0.25) is 0 Å². The van der Waals surface area contributed by atoms with Gasteiger partial charge in [0.25, 0.3) is 0 Å². The van der Waals surface area contributed by atoms with Gasteiger partial charge in [-0.05, 0) is 6.42 Å². The number of nitrogens with one attached hydrogen (secondary N) is 1. The summed E-state index contributed by atoms with van der Waals surface area (Å²) in [5.41, 5.74) is 0. The number of amides is 1. The molecule has 0 aromatic heterocycles. The second-order valence-electron chi connectivity index (χ2n) is 4.11. The van der Waals surface area contributed by atoms with Gasteiger partial charge in [-0.3, -0.25) is 10.1 Å². The fourth-order valence-electron chi connectivity index (χ4n) is 2.42. The van der Waals surface area contributed by atoms with E-state index in [2.05, 4.69) is 10.2 Å². The summed E-state index contributed by atoms with van der Waals surface area (Å²) in [4.78, 5) is 14.2. The summed E-state index contributed by atoms with van der Waals surface area (Å²) in [6, 6.07) is 0.647. The zero-order chi connectivity index (χ0) is 9.54. The third kappa shape index (κ3) is 1.46. The molecule has 1 N–H and O–H groups in total. The molecule has 3 fully saturated rings. The Labute approximate surface area is 92.4 Å². The molecule has 14 heavy (non-hydrogen) atoms. The van der Waals surface area contributed by atoms with Crippen molar-refractivity contribution in [1.29, 1.82) is 0 Å². The van der Waals surface area contributed by atoms with E-state index < -0.39 is 0 Å². The Kier molecular flexibility index (Phi) is 2.41. The smallest absolute Gasteiger partial charge is 0.240 e. The summed E-state index contributed by atoms with van der Waals surface area (Å²) >= 11 is 3.86. The number of fused-ring (bicyclic) bond motifs is 2. The molecule has 3 unspecified atom stereocenters. The van der Waals surface area contributed by atoms with Crippen LogP contribution in [0, 0.1) is 0 Å². The Morgan fingerprint density at radius 3 is 2.93 bits per heavy atom. The van der Waals surface area contributed by atoms with E-state index in [0.29, 0.717) is 11.9 Å². The molecule has 0 spiro atoms. The quantitative estimate of drug-likeness (QED) is 0.705. The average Bonchev–Trinajstić information content (AvgIpc) is 2.93. The summed E-state index contributed by atoms with van der Waals surface area (Å²) in [5.74, 6) is 3.41. The van der Waals surface area contributed by atoms with Crippen LogP contribution in [0.1, 0.15) is 6.42 Å². The van der Waals surface area contributed by atoms with Gasteiger partial charge in [-0.15, -0.1) is 11.8 Å². The largest absolute Gasteiger partial charge is 0.336 e. The predicted octanol–water partition coefficient (Wildman–Crippen LogP) is 0.365. The number of likely N-dealkylation sites (tertiary alicyclic amines) is 1. The molecule has 0 aromatic carbocycles. The van der Waals surface area contributed by atoms with Crippen LogP contribution < -0.4 is 5.32 Å². The minimum atomic E-state index is 0.101. The lowest BCUT2D eigenvalue weighted by atomic mass is 10.2. The average molecular weight is 230 g/mol. The number of rotatable bonds is 1. The van der Waals surface area contributed by atoms with E-state index in [1.807, 2.05) is 23.5 Å². The Morgan fingerprint density at radius 1 is 1.43 bits per heavy atom. The minimum Gasteiger partial charge on any atom is -0.336 e. The molecule has 0 radical (unpaired) electrons. The molecule has 3 aliphatic rings. The zero-order valence-electron chi connectivity index (χ0n) is 7.94. The number of carbonyl (C=O) groups is 1. The Balaban J connectivity index is 1.67. The van der Waals surface area contributed by atoms with E-state index >= 15 is 0 Å². The first-order valence-corrected chi connectivity index (χ1v) is 7.28. The van der Waals surface area contributed by atoms with Gasteiger partial charge in [0, 0.05) is 35.2 Å². The maximum absolute atomic E-state index is 12.1. The highest BCUT2D eigenvalue weighted by Crippen LogP contribution is 2.37. The maximum atomic E-state index is 12.1. The third-order valence-electron chi connectivity index (χ3n) is 3.20. The predicted molar refractivity (Wildman–Crippen MR) is 60.6 cm³/mol. The lowest BCUT2D eigenvalue weighted by molar-refractivity contribution is -0.133. The van der Waals surface area contributed by atoms with Crippen molar-refractivity contribution in [2.45, 2.75) is 23.8 Å². The van der Waals surface area contributed by atoms with Crippen molar-refractivity contribution >= 4 is 29.4 Å². The molecule has 5 heteroatoms. The molecule has 2 bridgehead atoms. The van der Waals surface area contributed by atoms with Gasteiger partial charge >= 0.3 is 0 Å². The van der Waals surface area contributed by atoms with E-state index in [1.165, 1.54) is 6.42 Å². The number of nitrogens with zero attached hydrogens (tertiary/aromatic N) is 1. The monoisotopic (exact) mass is 230 g/mol. The summed E-state index contributed by atoms with van der Waals surface area (Å²) in [7, 11) is 0. The minimum absolute atomic E-state index is 0.101. The van der Waals surface area contributed by atoms with Crippen molar-refractivity contribution in [3.63, 3.8) is 0 Å². The van der Waals surface area contributed by atoms with Gasteiger partial charge < -0.3 is 4.90 Å². The zero-order valence-corrected chi connectivity index (χ0v) is 9.57. The molecule has 3 heterocycles. The van der Waals surface area contributed by atoms with E-state index in [4.69, 9.17) is 0 Å². The SMILES string of the molecule is O=C(C1CSCN1)N1CC2CC1CS2. The van der Waals surface area contributed by atoms with Crippen molar-refractivity contribution in [3.05, 3.63) is 0 Å². The molecule has 3 rings (SSSR count). The first-order chi connectivity index (χ1) is 6.84. The van der Waals surface area contributed by atoms with Crippen LogP contribution >= 0.6 is 23.5 Å². The fraction of sp³-hybridized carbons (Fsp3) is 0.889. The van der Waals surface area contributed by atoms with E-state index in [1.54, 1.807) is 0 Å². The molecule has 3 atom stereocenters. The van der Waals surface area contributed by atoms with Crippen LogP contribution in [0.15, 0.2) is 0 Å². The second-order valence-corrected chi connectivity index (χ2v) is 6.47. The molecule has 0 aromatic rings. The molecule has 3 saturated heterocycles. The van der Waals surface area contributed by atoms with Crippen molar-refractivity contribution in [2.75, 3.05) is 23.9 Å². The Morgan fingerprint density at radius 2 is 2.36 bits per heavy atom. The summed E-state index contributed by atoms with van der Waals surface area (Å²) < 4.78 is 0. The number of carbonyl (C=O) groups excluding carboxylic acids is 1. The Bertz CT molecular complexity index is 255. The highest BCUT2D eigenvalue weighted by molar-refractivity contribution is 8.00. The molecule has 0 aliphatic carbocycles. The standard InChI is InChI=1S/C9H14N2OS2/c12-9(8-4-13-5-10-8)11-2-7-1-6(11)3-14-7/h6-8,10H,1-5H2. The summed E-state index contributed by atoms with van der Waals surface area (Å²) in [6.45, 7) is 0.997. The van der Waals surface area contributed by atoms with Gasteiger partial charge in [-0.1, -0.05) is 0 Å².